The summed E-state index contributed by atoms with van der Waals surface area (Å²) in [7, 11) is 0. The molecular formula is C37H41BrClN3O7. The average molecular weight is 755 g/mol. The third kappa shape index (κ3) is 6.46. The van der Waals surface area contributed by atoms with Crippen molar-refractivity contribution in [2.24, 2.45) is 17.8 Å². The van der Waals surface area contributed by atoms with E-state index >= 15 is 4.79 Å². The van der Waals surface area contributed by atoms with Crippen LogP contribution in [0.2, 0.25) is 5.02 Å². The minimum Gasteiger partial charge on any atom is -0.455 e. The van der Waals surface area contributed by atoms with Gasteiger partial charge in [0.05, 0.1) is 35.3 Å². The summed E-state index contributed by atoms with van der Waals surface area (Å²) in [5.74, 6) is -3.99. The number of carbonyl (C=O) groups is 4. The van der Waals surface area contributed by atoms with Crippen LogP contribution in [0.5, 0.6) is 0 Å². The Bertz CT molecular complexity index is 1670. The third-order valence-corrected chi connectivity index (χ3v) is 10.8. The summed E-state index contributed by atoms with van der Waals surface area (Å²) < 4.78 is 13.4. The lowest BCUT2D eigenvalue weighted by molar-refractivity contribution is -0.161. The van der Waals surface area contributed by atoms with Crippen LogP contribution >= 0.6 is 27.5 Å². The predicted octanol–water partition coefficient (Wildman–Crippen LogP) is 5.09. The Labute approximate surface area is 299 Å². The molecule has 49 heavy (non-hydrogen) atoms. The topological polar surface area (TPSA) is 125 Å². The monoisotopic (exact) mass is 753 g/mol. The lowest BCUT2D eigenvalue weighted by Gasteiger charge is -2.39. The van der Waals surface area contributed by atoms with E-state index < -0.39 is 65.6 Å². The van der Waals surface area contributed by atoms with Gasteiger partial charge in [-0.1, -0.05) is 96.0 Å². The lowest BCUT2D eigenvalue weighted by atomic mass is 9.74. The van der Waals surface area contributed by atoms with Crippen molar-refractivity contribution < 1.29 is 33.8 Å². The van der Waals surface area contributed by atoms with E-state index in [9.17, 15) is 19.5 Å². The minimum atomic E-state index is -1.54. The van der Waals surface area contributed by atoms with Gasteiger partial charge in [-0.2, -0.15) is 0 Å². The lowest BCUT2D eigenvalue weighted by Crippen LogP contribution is -2.59. The second-order valence-corrected chi connectivity index (χ2v) is 14.9. The number of para-hydroxylation sites is 1. The first kappa shape index (κ1) is 35.3. The first-order valence-corrected chi connectivity index (χ1v) is 17.9. The average Bonchev–Trinajstić information content (AvgIpc) is 3.67. The Morgan fingerprint density at radius 1 is 1.02 bits per heavy atom. The summed E-state index contributed by atoms with van der Waals surface area (Å²) in [4.78, 5) is 60.3. The van der Waals surface area contributed by atoms with Crippen molar-refractivity contribution in [1.82, 2.24) is 10.2 Å². The number of allylic oxidation sites excluding steroid dienone is 1. The fourth-order valence-corrected chi connectivity index (χ4v) is 8.74. The van der Waals surface area contributed by atoms with E-state index in [2.05, 4.69) is 21.2 Å². The third-order valence-electron chi connectivity index (χ3n) is 9.83. The molecule has 0 unspecified atom stereocenters. The van der Waals surface area contributed by atoms with Gasteiger partial charge < -0.3 is 29.7 Å². The number of carbonyl (C=O) groups excluding carboxylic acids is 4. The fourth-order valence-electron chi connectivity index (χ4n) is 7.76. The van der Waals surface area contributed by atoms with Gasteiger partial charge in [-0.15, -0.1) is 0 Å². The van der Waals surface area contributed by atoms with E-state index in [0.717, 1.165) is 0 Å². The molecule has 3 amide bonds. The van der Waals surface area contributed by atoms with Crippen molar-refractivity contribution in [2.75, 3.05) is 18.1 Å². The minimum absolute atomic E-state index is 0.0791. The molecule has 2 saturated heterocycles. The first-order valence-electron chi connectivity index (χ1n) is 16.7. The van der Waals surface area contributed by atoms with E-state index in [1.54, 1.807) is 43.3 Å². The molecule has 260 valence electrons. The number of likely N-dealkylation sites (tertiary alicyclic amines) is 1. The van der Waals surface area contributed by atoms with Crippen LogP contribution in [-0.2, 0) is 28.7 Å². The second-order valence-electron chi connectivity index (χ2n) is 13.6. The van der Waals surface area contributed by atoms with Gasteiger partial charge in [-0.3, -0.25) is 19.2 Å². The maximum atomic E-state index is 15.1. The molecule has 4 aliphatic rings. The molecule has 4 aliphatic heterocycles. The zero-order valence-corrected chi connectivity index (χ0v) is 30.0. The highest BCUT2D eigenvalue weighted by Gasteiger charge is 2.75. The summed E-state index contributed by atoms with van der Waals surface area (Å²) in [6.07, 6.45) is 4.59. The van der Waals surface area contributed by atoms with Crippen LogP contribution in [0.25, 0.3) is 0 Å². The number of nitrogens with one attached hydrogen (secondary N) is 1. The Kier molecular flexibility index (Phi) is 10.4. The van der Waals surface area contributed by atoms with Crippen LogP contribution in [0.3, 0.4) is 0 Å². The maximum Gasteiger partial charge on any atom is 0.313 e. The number of hydrogen-bond donors (Lipinski definition) is 2. The van der Waals surface area contributed by atoms with Gasteiger partial charge in [0.25, 0.3) is 5.91 Å². The van der Waals surface area contributed by atoms with Crippen LogP contribution in [0.1, 0.15) is 51.7 Å². The Morgan fingerprint density at radius 3 is 2.43 bits per heavy atom. The summed E-state index contributed by atoms with van der Waals surface area (Å²) in [5, 5.41) is 14.0. The molecule has 0 saturated carbocycles. The molecule has 8 atom stereocenters. The van der Waals surface area contributed by atoms with Crippen molar-refractivity contribution in [1.29, 1.82) is 0 Å². The maximum absolute atomic E-state index is 15.1. The number of aliphatic hydroxyl groups is 1. The zero-order valence-electron chi connectivity index (χ0n) is 27.6. The van der Waals surface area contributed by atoms with Crippen molar-refractivity contribution >= 4 is 56.9 Å². The normalized spacial score (nSPS) is 31.8. The summed E-state index contributed by atoms with van der Waals surface area (Å²) in [6, 6.07) is 13.5. The van der Waals surface area contributed by atoms with Crippen LogP contribution in [-0.4, -0.2) is 76.7 Å². The van der Waals surface area contributed by atoms with Gasteiger partial charge in [0.2, 0.25) is 11.8 Å². The fraction of sp³-hybridized carbons (Fsp3) is 0.459. The zero-order chi connectivity index (χ0) is 35.0. The Hall–Kier alpha value is -3.51. The van der Waals surface area contributed by atoms with E-state index in [-0.39, 0.29) is 31.4 Å². The van der Waals surface area contributed by atoms with E-state index in [0.29, 0.717) is 33.6 Å². The smallest absolute Gasteiger partial charge is 0.313 e. The van der Waals surface area contributed by atoms with Gasteiger partial charge in [-0.25, -0.2) is 0 Å². The molecule has 2 N–H and O–H groups in total. The number of fused-ring (bicyclic) bond motifs is 2. The van der Waals surface area contributed by atoms with E-state index in [4.69, 9.17) is 21.1 Å². The summed E-state index contributed by atoms with van der Waals surface area (Å²) in [5.41, 5.74) is -0.433. The molecule has 2 fully saturated rings. The molecule has 12 heteroatoms. The van der Waals surface area contributed by atoms with Crippen molar-refractivity contribution in [2.45, 2.75) is 76.0 Å². The Balaban J connectivity index is 1.51. The van der Waals surface area contributed by atoms with E-state index in [1.165, 1.54) is 9.80 Å². The Morgan fingerprint density at radius 2 is 1.73 bits per heavy atom. The van der Waals surface area contributed by atoms with Gasteiger partial charge in [0.1, 0.15) is 29.8 Å². The van der Waals surface area contributed by atoms with Gasteiger partial charge in [0, 0.05) is 17.4 Å². The highest BCUT2D eigenvalue weighted by Crippen LogP contribution is 2.59. The molecule has 6 rings (SSSR count). The molecule has 10 nitrogen and oxygen atoms in total. The SMILES string of the molecule is CC(C)C[C@H](CO)N1C(=O)[C@@H]2[C@H]3C(=O)O[C@@H](c4ccccc4)[C@H](C)NC(=O)CC/C=C\CN(c4ccccc4Cl)C(=O)[C@@H]1[C@]21C=C(Br)[C@H]3O1. The highest BCUT2D eigenvalue weighted by molar-refractivity contribution is 9.11. The summed E-state index contributed by atoms with van der Waals surface area (Å²) >= 11 is 10.3. The number of aliphatic hydroxyl groups excluding tert-OH is 1. The second kappa shape index (κ2) is 14.4. The van der Waals surface area contributed by atoms with Gasteiger partial charge in [-0.05, 0) is 49.5 Å². The molecule has 2 aromatic carbocycles. The number of cyclic esters (lactones) is 1. The van der Waals surface area contributed by atoms with Gasteiger partial charge in [0.15, 0.2) is 0 Å². The number of hydrogen-bond acceptors (Lipinski definition) is 7. The number of rotatable bonds is 6. The van der Waals surface area contributed by atoms with Crippen molar-refractivity contribution in [3.05, 3.63) is 87.9 Å². The first-order chi connectivity index (χ1) is 23.5. The van der Waals surface area contributed by atoms with Crippen molar-refractivity contribution in [3.63, 3.8) is 0 Å². The van der Waals surface area contributed by atoms with Crippen LogP contribution in [0.15, 0.2) is 77.3 Å². The number of esters is 1. The van der Waals surface area contributed by atoms with Crippen LogP contribution in [0.4, 0.5) is 5.69 Å². The number of ether oxygens (including phenoxy) is 2. The van der Waals surface area contributed by atoms with Crippen LogP contribution in [0, 0.1) is 17.8 Å². The molecule has 0 radical (unpaired) electrons. The van der Waals surface area contributed by atoms with Crippen molar-refractivity contribution in [3.8, 4) is 0 Å². The van der Waals surface area contributed by atoms with Gasteiger partial charge >= 0.3 is 5.97 Å². The number of nitrogens with zero attached hydrogens (tertiary/aromatic N) is 2. The van der Waals surface area contributed by atoms with Crippen LogP contribution < -0.4 is 10.2 Å². The quantitative estimate of drug-likeness (QED) is 0.311. The molecular weight excluding hydrogens is 714 g/mol. The predicted molar refractivity (Wildman–Crippen MR) is 188 cm³/mol. The molecule has 5 bridgehead atoms. The molecule has 1 spiro atoms. The number of amides is 3. The largest absolute Gasteiger partial charge is 0.455 e. The number of benzene rings is 2. The summed E-state index contributed by atoms with van der Waals surface area (Å²) in [6.45, 7) is 5.43. The molecule has 4 heterocycles. The molecule has 0 aromatic heterocycles. The molecule has 2 aromatic rings. The highest BCUT2D eigenvalue weighted by atomic mass is 79.9. The molecule has 0 aliphatic carbocycles. The number of halogens is 2. The standard InChI is InChI=1S/C37H41BrClN3O7/c1-21(2)18-24(20-43)42-33-35(46)41(27-15-10-9-14-26(27)39)17-11-5-8-16-28(44)40-22(3)31(23-12-6-4-7-13-23)48-36(47)29-30(34(42)45)37(33)19-25(38)32(29)49-37/h4-7,9-15,19,21-22,24,29-33,43H,8,16-18,20H2,1-3H3,(H,40,44)/b11-5-/t22-,24+,29+,30-,31+,32+,33+,37-/m0/s1. The van der Waals surface area contributed by atoms with E-state index in [1.807, 2.05) is 50.3 Å². The number of anilines is 1.